The molecule has 0 bridgehead atoms. The molecule has 4 saturated carbocycles. The van der Waals surface area contributed by atoms with Crippen LogP contribution < -0.4 is 0 Å². The minimum absolute atomic E-state index is 0.0593. The average molecular weight is 529 g/mol. The fourth-order valence-electron chi connectivity index (χ4n) is 10.6. The molecule has 38 heavy (non-hydrogen) atoms. The summed E-state index contributed by atoms with van der Waals surface area (Å²) in [7, 11) is 0. The second kappa shape index (κ2) is 7.72. The Morgan fingerprint density at radius 3 is 2.26 bits per heavy atom. The van der Waals surface area contributed by atoms with Crippen LogP contribution in [0.2, 0.25) is 0 Å². The van der Waals surface area contributed by atoms with Gasteiger partial charge >= 0.3 is 11.9 Å². The number of fused-ring (bicyclic) bond motifs is 3. The summed E-state index contributed by atoms with van der Waals surface area (Å²) < 4.78 is 23.8. The zero-order valence-corrected chi connectivity index (χ0v) is 23.4. The zero-order valence-electron chi connectivity index (χ0n) is 23.4. The zero-order chi connectivity index (χ0) is 27.6. The third-order valence-electron chi connectivity index (χ3n) is 12.1. The van der Waals surface area contributed by atoms with E-state index in [2.05, 4.69) is 34.6 Å². The molecule has 1 aromatic rings. The molecule has 1 spiro atoms. The molecule has 8 nitrogen and oxygen atoms in total. The largest absolute Gasteiger partial charge is 0.472 e. The first-order chi connectivity index (χ1) is 17.7. The first-order valence-corrected chi connectivity index (χ1v) is 13.9. The molecule has 1 aromatic heterocycles. The van der Waals surface area contributed by atoms with Crippen LogP contribution in [0, 0.1) is 33.5 Å². The Morgan fingerprint density at radius 2 is 1.66 bits per heavy atom. The second-order valence-corrected chi connectivity index (χ2v) is 13.8. The van der Waals surface area contributed by atoms with Crippen molar-refractivity contribution in [3.63, 3.8) is 0 Å². The summed E-state index contributed by atoms with van der Waals surface area (Å²) in [6.07, 6.45) is 3.29. The Hall–Kier alpha value is -2.19. The number of carbonyl (C=O) groups is 3. The molecule has 4 aliphatic carbocycles. The van der Waals surface area contributed by atoms with E-state index in [4.69, 9.17) is 18.6 Å². The molecule has 0 amide bonds. The molecule has 0 unspecified atom stereocenters. The lowest BCUT2D eigenvalue weighted by molar-refractivity contribution is -0.287. The first kappa shape index (κ1) is 26.1. The van der Waals surface area contributed by atoms with E-state index >= 15 is 0 Å². The SMILES string of the molecule is CC(=O)O[C@H]1C[C@H](O)[C@@]2(C)[C@@H](C[C@@H](OC(C)=O)[C@@]3(C)[C@H]2CC[C@]2(C)[C@H](c4ccoc4)C(=O)[C@@H]4O[C@@]432)C1(C)C. The minimum atomic E-state index is -0.813. The first-order valence-electron chi connectivity index (χ1n) is 13.9. The summed E-state index contributed by atoms with van der Waals surface area (Å²) in [5, 5.41) is 11.8. The Bertz CT molecular complexity index is 1190. The van der Waals surface area contributed by atoms with Crippen molar-refractivity contribution in [1.82, 2.24) is 0 Å². The average Bonchev–Trinajstić information content (AvgIpc) is 3.30. The maximum Gasteiger partial charge on any atom is 0.302 e. The highest BCUT2D eigenvalue weighted by Crippen LogP contribution is 2.82. The van der Waals surface area contributed by atoms with Crippen molar-refractivity contribution in [2.24, 2.45) is 33.5 Å². The number of aliphatic hydroxyl groups is 1. The number of esters is 2. The number of carbonyl (C=O) groups excluding carboxylic acids is 3. The van der Waals surface area contributed by atoms with Crippen LogP contribution in [0.1, 0.15) is 85.6 Å². The van der Waals surface area contributed by atoms with Crippen molar-refractivity contribution in [2.45, 2.75) is 110 Å². The van der Waals surface area contributed by atoms with Gasteiger partial charge < -0.3 is 23.7 Å². The normalized spacial score (nSPS) is 50.2. The number of ether oxygens (including phenoxy) is 3. The van der Waals surface area contributed by atoms with E-state index in [1.165, 1.54) is 13.8 Å². The van der Waals surface area contributed by atoms with Gasteiger partial charge in [0.2, 0.25) is 0 Å². The number of hydrogen-bond donors (Lipinski definition) is 1. The third kappa shape index (κ3) is 2.81. The monoisotopic (exact) mass is 528 g/mol. The van der Waals surface area contributed by atoms with Gasteiger partial charge in [-0.2, -0.15) is 0 Å². The maximum atomic E-state index is 13.9. The van der Waals surface area contributed by atoms with E-state index in [1.54, 1.807) is 12.5 Å². The molecule has 8 heteroatoms. The van der Waals surface area contributed by atoms with E-state index < -0.39 is 51.7 Å². The standard InChI is InChI=1S/C30H40O8/c1-15(31)36-21-13-20(33)28(6)18-8-10-27(5)23(17-9-11-35-14-17)24(34)25-30(27,38-25)29(18,7)22(37-16(2)32)12-19(28)26(21,3)4/h9,11,14,18-23,25,33H,8,10,12-13H2,1-7H3/t18-,19-,20-,21-,22+,23+,25-,27+,28+,29+,30+/m0/s1. The van der Waals surface area contributed by atoms with Crippen LogP contribution in [0.5, 0.6) is 0 Å². The molecule has 6 rings (SSSR count). The number of epoxide rings is 1. The number of rotatable bonds is 3. The molecule has 1 aliphatic heterocycles. The van der Waals surface area contributed by atoms with Gasteiger partial charge in [-0.1, -0.05) is 34.6 Å². The van der Waals surface area contributed by atoms with E-state index in [0.717, 1.165) is 18.4 Å². The van der Waals surface area contributed by atoms with E-state index in [-0.39, 0.29) is 35.5 Å². The second-order valence-electron chi connectivity index (χ2n) is 13.8. The van der Waals surface area contributed by atoms with Gasteiger partial charge in [0.1, 0.15) is 23.9 Å². The molecular formula is C30H40O8. The fourth-order valence-corrected chi connectivity index (χ4v) is 10.6. The number of furan rings is 1. The molecular weight excluding hydrogens is 488 g/mol. The van der Waals surface area contributed by atoms with Gasteiger partial charge in [0.25, 0.3) is 0 Å². The van der Waals surface area contributed by atoms with Gasteiger partial charge in [-0.15, -0.1) is 0 Å². The van der Waals surface area contributed by atoms with Gasteiger partial charge in [0.05, 0.1) is 24.5 Å². The molecule has 208 valence electrons. The minimum Gasteiger partial charge on any atom is -0.472 e. The van der Waals surface area contributed by atoms with Crippen LogP contribution in [0.3, 0.4) is 0 Å². The van der Waals surface area contributed by atoms with E-state index in [0.29, 0.717) is 12.8 Å². The van der Waals surface area contributed by atoms with Crippen LogP contribution in [0.25, 0.3) is 0 Å². The van der Waals surface area contributed by atoms with Crippen LogP contribution in [-0.2, 0) is 28.6 Å². The Morgan fingerprint density at radius 1 is 1.00 bits per heavy atom. The molecule has 0 aromatic carbocycles. The summed E-state index contributed by atoms with van der Waals surface area (Å²) in [6.45, 7) is 13.4. The van der Waals surface area contributed by atoms with Crippen molar-refractivity contribution in [3.8, 4) is 0 Å². The highest BCUT2D eigenvalue weighted by molar-refractivity contribution is 5.98. The summed E-state index contributed by atoms with van der Waals surface area (Å²) in [5.41, 5.74) is -2.20. The predicted molar refractivity (Wildman–Crippen MR) is 135 cm³/mol. The summed E-state index contributed by atoms with van der Waals surface area (Å²) in [4.78, 5) is 38.4. The van der Waals surface area contributed by atoms with Crippen LogP contribution >= 0.6 is 0 Å². The number of hydrogen-bond acceptors (Lipinski definition) is 8. The highest BCUT2D eigenvalue weighted by Gasteiger charge is 2.90. The van der Waals surface area contributed by atoms with Crippen molar-refractivity contribution in [1.29, 1.82) is 0 Å². The molecule has 1 saturated heterocycles. The predicted octanol–water partition coefficient (Wildman–Crippen LogP) is 4.19. The molecule has 2 heterocycles. The summed E-state index contributed by atoms with van der Waals surface area (Å²) >= 11 is 0. The lowest BCUT2D eigenvalue weighted by atomic mass is 9.35. The van der Waals surface area contributed by atoms with E-state index in [9.17, 15) is 19.5 Å². The van der Waals surface area contributed by atoms with Crippen LogP contribution in [-0.4, -0.2) is 52.8 Å². The lowest BCUT2D eigenvalue weighted by Gasteiger charge is -2.70. The fraction of sp³-hybridized carbons (Fsp3) is 0.767. The number of ketones is 1. The van der Waals surface area contributed by atoms with E-state index in [1.807, 2.05) is 6.07 Å². The van der Waals surface area contributed by atoms with Gasteiger partial charge in [-0.05, 0) is 37.2 Å². The Labute approximate surface area is 223 Å². The number of aliphatic hydroxyl groups excluding tert-OH is 1. The quantitative estimate of drug-likeness (QED) is 0.459. The van der Waals surface area contributed by atoms with Crippen molar-refractivity contribution in [2.75, 3.05) is 0 Å². The van der Waals surface area contributed by atoms with Crippen molar-refractivity contribution >= 4 is 17.7 Å². The van der Waals surface area contributed by atoms with Gasteiger partial charge in [0.15, 0.2) is 5.78 Å². The summed E-state index contributed by atoms with van der Waals surface area (Å²) in [5.74, 6) is -1.22. The van der Waals surface area contributed by atoms with Crippen molar-refractivity contribution in [3.05, 3.63) is 24.2 Å². The molecule has 0 radical (unpaired) electrons. The van der Waals surface area contributed by atoms with Gasteiger partial charge in [-0.3, -0.25) is 14.4 Å². The maximum absolute atomic E-state index is 13.9. The Kier molecular flexibility index (Phi) is 5.29. The third-order valence-corrected chi connectivity index (χ3v) is 12.1. The summed E-state index contributed by atoms with van der Waals surface area (Å²) in [6, 6.07) is 1.87. The van der Waals surface area contributed by atoms with Gasteiger partial charge in [-0.25, -0.2) is 0 Å². The van der Waals surface area contributed by atoms with Crippen LogP contribution in [0.15, 0.2) is 23.0 Å². The molecule has 11 atom stereocenters. The number of Topliss-reactive ketones (excluding diaryl/α,β-unsaturated/α-hetero) is 1. The topological polar surface area (TPSA) is 116 Å². The smallest absolute Gasteiger partial charge is 0.302 e. The Balaban J connectivity index is 1.50. The molecule has 5 fully saturated rings. The molecule has 1 N–H and O–H groups in total. The van der Waals surface area contributed by atoms with Crippen molar-refractivity contribution < 1.29 is 38.1 Å². The highest BCUT2D eigenvalue weighted by atomic mass is 16.6. The lowest BCUT2D eigenvalue weighted by Crippen LogP contribution is -2.73. The van der Waals surface area contributed by atoms with Gasteiger partial charge in [0, 0.05) is 47.5 Å². The van der Waals surface area contributed by atoms with Crippen LogP contribution in [0.4, 0.5) is 0 Å². The molecule has 5 aliphatic rings.